The second-order valence-corrected chi connectivity index (χ2v) is 2.62. The van der Waals surface area contributed by atoms with E-state index < -0.39 is 0 Å². The Morgan fingerprint density at radius 3 is 3.00 bits per heavy atom. The van der Waals surface area contributed by atoms with Crippen LogP contribution in [0.1, 0.15) is 5.69 Å². The first-order valence-corrected chi connectivity index (χ1v) is 4.21. The van der Waals surface area contributed by atoms with E-state index in [1.807, 2.05) is 24.4 Å². The summed E-state index contributed by atoms with van der Waals surface area (Å²) in [6.45, 7) is 0. The van der Waals surface area contributed by atoms with Crippen LogP contribution in [-0.2, 0) is 5.75 Å². The van der Waals surface area contributed by atoms with E-state index in [2.05, 4.69) is 11.2 Å². The van der Waals surface area contributed by atoms with Crippen LogP contribution in [0.2, 0.25) is 0 Å². The van der Waals surface area contributed by atoms with Crippen LogP contribution in [-0.4, -0.2) is 11.2 Å². The van der Waals surface area contributed by atoms with Crippen molar-refractivity contribution in [2.45, 2.75) is 5.75 Å². The van der Waals surface area contributed by atoms with Crippen LogP contribution in [0.5, 0.6) is 0 Å². The van der Waals surface area contributed by atoms with E-state index in [-0.39, 0.29) is 0 Å². The molecule has 0 aromatic carbocycles. The number of aromatic nitrogens is 1. The van der Waals surface area contributed by atoms with Gasteiger partial charge in [0.05, 0.1) is 5.69 Å². The normalized spacial score (nSPS) is 9.44. The maximum Gasteiger partial charge on any atom is 0.0502 e. The lowest BCUT2D eigenvalue weighted by Gasteiger charge is -1.92. The summed E-state index contributed by atoms with van der Waals surface area (Å²) in [5, 5.41) is 0. The van der Waals surface area contributed by atoms with E-state index in [1.165, 1.54) is 0 Å². The lowest BCUT2D eigenvalue weighted by molar-refractivity contribution is 1.18. The van der Waals surface area contributed by atoms with Crippen molar-refractivity contribution in [2.75, 3.05) is 6.26 Å². The minimum Gasteiger partial charge on any atom is -0.260 e. The van der Waals surface area contributed by atoms with Crippen LogP contribution in [0.15, 0.2) is 24.4 Å². The molecule has 0 amide bonds. The molecule has 9 heavy (non-hydrogen) atoms. The second kappa shape index (κ2) is 3.51. The summed E-state index contributed by atoms with van der Waals surface area (Å²) in [4.78, 5) is 4.15. The average Bonchev–Trinajstić information content (AvgIpc) is 1.91. The molecule has 1 heterocycles. The van der Waals surface area contributed by atoms with Gasteiger partial charge in [-0.15, -0.1) is 0 Å². The molecule has 0 N–H and O–H groups in total. The highest BCUT2D eigenvalue weighted by Gasteiger charge is 1.86. The number of pyridine rings is 1. The predicted molar refractivity (Wildman–Crippen MR) is 41.5 cm³/mol. The molecule has 1 rings (SSSR count). The molecule has 1 nitrogen and oxygen atoms in total. The zero-order valence-corrected chi connectivity index (χ0v) is 6.19. The van der Waals surface area contributed by atoms with Gasteiger partial charge in [-0.05, 0) is 18.4 Å². The molecular weight excluding hydrogens is 130 g/mol. The molecular formula is C7H9NS. The van der Waals surface area contributed by atoms with Crippen molar-refractivity contribution in [1.82, 2.24) is 4.98 Å². The monoisotopic (exact) mass is 139 g/mol. The predicted octanol–water partition coefficient (Wildman–Crippen LogP) is 1.94. The topological polar surface area (TPSA) is 12.9 Å². The Morgan fingerprint density at radius 2 is 2.44 bits per heavy atom. The van der Waals surface area contributed by atoms with Gasteiger partial charge in [0.2, 0.25) is 0 Å². The zero-order valence-electron chi connectivity index (χ0n) is 5.37. The third-order valence-electron chi connectivity index (χ3n) is 1.02. The number of nitrogens with zero attached hydrogens (tertiary/aromatic N) is 1. The fourth-order valence-electron chi connectivity index (χ4n) is 0.631. The van der Waals surface area contributed by atoms with Crippen LogP contribution < -0.4 is 0 Å². The van der Waals surface area contributed by atoms with E-state index >= 15 is 0 Å². The first kappa shape index (κ1) is 6.62. The first-order valence-electron chi connectivity index (χ1n) is 2.82. The van der Waals surface area contributed by atoms with Crippen LogP contribution in [0.3, 0.4) is 0 Å². The summed E-state index contributed by atoms with van der Waals surface area (Å²) in [7, 11) is 0. The van der Waals surface area contributed by atoms with Crippen LogP contribution in [0.25, 0.3) is 0 Å². The minimum atomic E-state index is 1.01. The second-order valence-electron chi connectivity index (χ2n) is 1.75. The highest BCUT2D eigenvalue weighted by Crippen LogP contribution is 2.03. The Balaban J connectivity index is 2.61. The van der Waals surface area contributed by atoms with Crippen molar-refractivity contribution in [3.63, 3.8) is 0 Å². The van der Waals surface area contributed by atoms with Crippen molar-refractivity contribution >= 4 is 11.8 Å². The van der Waals surface area contributed by atoms with E-state index in [1.54, 1.807) is 11.8 Å². The summed E-state index contributed by atoms with van der Waals surface area (Å²) in [5.41, 5.74) is 1.16. The molecule has 0 saturated heterocycles. The Morgan fingerprint density at radius 1 is 1.56 bits per heavy atom. The van der Waals surface area contributed by atoms with Crippen molar-refractivity contribution in [3.8, 4) is 0 Å². The van der Waals surface area contributed by atoms with Gasteiger partial charge in [0.1, 0.15) is 0 Å². The number of rotatable bonds is 2. The van der Waals surface area contributed by atoms with Gasteiger partial charge in [-0.3, -0.25) is 4.98 Å². The Kier molecular flexibility index (Phi) is 2.58. The largest absolute Gasteiger partial charge is 0.260 e. The van der Waals surface area contributed by atoms with Crippen LogP contribution in [0, 0.1) is 0 Å². The summed E-state index contributed by atoms with van der Waals surface area (Å²) in [5.74, 6) is 1.01. The Hall–Kier alpha value is -0.500. The van der Waals surface area contributed by atoms with Crippen molar-refractivity contribution < 1.29 is 0 Å². The molecule has 0 fully saturated rings. The van der Waals surface area contributed by atoms with Crippen LogP contribution >= 0.6 is 11.8 Å². The first-order chi connectivity index (χ1) is 4.43. The van der Waals surface area contributed by atoms with E-state index in [0.29, 0.717) is 0 Å². The lowest BCUT2D eigenvalue weighted by atomic mass is 10.4. The standard InChI is InChI=1S/C7H9NS/c1-9-6-7-4-2-3-5-8-7/h2-5H,6H2,1H3. The molecule has 0 spiro atoms. The number of hydrogen-bond donors (Lipinski definition) is 0. The highest BCUT2D eigenvalue weighted by atomic mass is 32.2. The highest BCUT2D eigenvalue weighted by molar-refractivity contribution is 7.97. The van der Waals surface area contributed by atoms with Gasteiger partial charge in [0.15, 0.2) is 0 Å². The lowest BCUT2D eigenvalue weighted by Crippen LogP contribution is -1.81. The van der Waals surface area contributed by atoms with Crippen molar-refractivity contribution in [3.05, 3.63) is 30.1 Å². The molecule has 1 aromatic heterocycles. The van der Waals surface area contributed by atoms with Gasteiger partial charge in [-0.2, -0.15) is 11.8 Å². The average molecular weight is 139 g/mol. The molecule has 0 aliphatic rings. The number of hydrogen-bond acceptors (Lipinski definition) is 2. The Bertz CT molecular complexity index is 162. The van der Waals surface area contributed by atoms with E-state index in [4.69, 9.17) is 0 Å². The molecule has 0 unspecified atom stereocenters. The quantitative estimate of drug-likeness (QED) is 0.621. The zero-order chi connectivity index (χ0) is 6.53. The van der Waals surface area contributed by atoms with Gasteiger partial charge in [-0.25, -0.2) is 0 Å². The van der Waals surface area contributed by atoms with Gasteiger partial charge in [-0.1, -0.05) is 6.07 Å². The maximum absolute atomic E-state index is 4.15. The van der Waals surface area contributed by atoms with E-state index in [0.717, 1.165) is 11.4 Å². The van der Waals surface area contributed by atoms with Gasteiger partial charge in [0.25, 0.3) is 0 Å². The third-order valence-corrected chi connectivity index (χ3v) is 1.60. The molecule has 0 bridgehead atoms. The number of thioether (sulfide) groups is 1. The molecule has 1 aromatic rings. The fourth-order valence-corrected chi connectivity index (χ4v) is 1.10. The molecule has 48 valence electrons. The van der Waals surface area contributed by atoms with E-state index in [9.17, 15) is 0 Å². The molecule has 0 aliphatic heterocycles. The summed E-state index contributed by atoms with van der Waals surface area (Å²) in [6, 6.07) is 5.98. The molecule has 0 radical (unpaired) electrons. The molecule has 0 atom stereocenters. The van der Waals surface area contributed by atoms with Gasteiger partial charge >= 0.3 is 0 Å². The van der Waals surface area contributed by atoms with Crippen molar-refractivity contribution in [1.29, 1.82) is 0 Å². The van der Waals surface area contributed by atoms with Crippen LogP contribution in [0.4, 0.5) is 0 Å². The summed E-state index contributed by atoms with van der Waals surface area (Å²) < 4.78 is 0. The third kappa shape index (κ3) is 2.06. The Labute approximate surface area is 59.5 Å². The maximum atomic E-state index is 4.15. The molecule has 0 aliphatic carbocycles. The summed E-state index contributed by atoms with van der Waals surface area (Å²) in [6.07, 6.45) is 3.90. The fraction of sp³-hybridized carbons (Fsp3) is 0.286. The van der Waals surface area contributed by atoms with Gasteiger partial charge in [0, 0.05) is 11.9 Å². The molecule has 2 heteroatoms. The van der Waals surface area contributed by atoms with Crippen molar-refractivity contribution in [2.24, 2.45) is 0 Å². The summed E-state index contributed by atoms with van der Waals surface area (Å²) >= 11 is 1.79. The SMILES string of the molecule is CSCc1ccccn1. The minimum absolute atomic E-state index is 1.01. The molecule has 0 saturated carbocycles. The van der Waals surface area contributed by atoms with Gasteiger partial charge < -0.3 is 0 Å². The smallest absolute Gasteiger partial charge is 0.0502 e.